The van der Waals surface area contributed by atoms with Gasteiger partial charge in [-0.15, -0.1) is 0 Å². The van der Waals surface area contributed by atoms with Crippen LogP contribution in [-0.2, 0) is 0 Å². The molecule has 3 aromatic rings. The van der Waals surface area contributed by atoms with Gasteiger partial charge in [0.25, 0.3) is 0 Å². The number of ether oxygens (including phenoxy) is 2. The highest BCUT2D eigenvalue weighted by atomic mass is 35.5. The minimum absolute atomic E-state index is 0.0942. The molecule has 0 bridgehead atoms. The highest BCUT2D eigenvalue weighted by Gasteiger charge is 2.28. The quantitative estimate of drug-likeness (QED) is 0.508. The van der Waals surface area contributed by atoms with Gasteiger partial charge in [0, 0.05) is 43.4 Å². The van der Waals surface area contributed by atoms with E-state index in [2.05, 4.69) is 20.4 Å². The fourth-order valence-electron chi connectivity index (χ4n) is 4.46. The number of para-hydroxylation sites is 1. The van der Waals surface area contributed by atoms with Crippen molar-refractivity contribution in [3.63, 3.8) is 0 Å². The van der Waals surface area contributed by atoms with Crippen LogP contribution in [0, 0.1) is 5.82 Å². The Morgan fingerprint density at radius 1 is 0.971 bits per heavy atom. The van der Waals surface area contributed by atoms with Crippen LogP contribution in [0.15, 0.2) is 66.7 Å². The maximum atomic E-state index is 14.3. The van der Waals surface area contributed by atoms with Crippen molar-refractivity contribution in [2.75, 3.05) is 49.7 Å². The molecule has 3 aromatic carbocycles. The molecule has 1 unspecified atom stereocenters. The molecule has 35 heavy (non-hydrogen) atoms. The smallest absolute Gasteiger partial charge is 0.319 e. The molecule has 7 nitrogen and oxygen atoms in total. The number of amides is 2. The Hall–Kier alpha value is -3.49. The number of hydrogen-bond donors (Lipinski definition) is 2. The highest BCUT2D eigenvalue weighted by molar-refractivity contribution is 6.30. The highest BCUT2D eigenvalue weighted by Crippen LogP contribution is 2.36. The van der Waals surface area contributed by atoms with Crippen molar-refractivity contribution < 1.29 is 18.7 Å². The number of benzene rings is 3. The molecule has 2 aliphatic heterocycles. The van der Waals surface area contributed by atoms with Crippen molar-refractivity contribution in [2.45, 2.75) is 6.04 Å². The van der Waals surface area contributed by atoms with Gasteiger partial charge in [0.2, 0.25) is 6.79 Å². The Kier molecular flexibility index (Phi) is 6.92. The van der Waals surface area contributed by atoms with Crippen LogP contribution in [0.5, 0.6) is 11.5 Å². The first-order valence-corrected chi connectivity index (χ1v) is 11.9. The van der Waals surface area contributed by atoms with Gasteiger partial charge in [-0.3, -0.25) is 4.90 Å². The molecule has 0 saturated carbocycles. The minimum atomic E-state index is -0.303. The lowest BCUT2D eigenvalue weighted by Crippen LogP contribution is -2.50. The van der Waals surface area contributed by atoms with E-state index in [1.165, 1.54) is 6.07 Å². The van der Waals surface area contributed by atoms with E-state index in [1.807, 2.05) is 30.3 Å². The molecule has 0 aliphatic carbocycles. The Labute approximate surface area is 208 Å². The van der Waals surface area contributed by atoms with E-state index in [0.717, 1.165) is 5.56 Å². The van der Waals surface area contributed by atoms with Gasteiger partial charge in [0.1, 0.15) is 5.82 Å². The second kappa shape index (κ2) is 10.4. The first kappa shape index (κ1) is 23.3. The second-order valence-corrected chi connectivity index (χ2v) is 8.88. The zero-order valence-corrected chi connectivity index (χ0v) is 19.8. The lowest BCUT2D eigenvalue weighted by atomic mass is 10.0. The van der Waals surface area contributed by atoms with Gasteiger partial charge >= 0.3 is 6.03 Å². The number of hydrogen-bond acceptors (Lipinski definition) is 5. The van der Waals surface area contributed by atoms with Crippen molar-refractivity contribution in [3.05, 3.63) is 83.1 Å². The largest absolute Gasteiger partial charge is 0.454 e. The van der Waals surface area contributed by atoms with E-state index in [9.17, 15) is 9.18 Å². The van der Waals surface area contributed by atoms with E-state index in [1.54, 1.807) is 30.3 Å². The Morgan fingerprint density at radius 3 is 2.49 bits per heavy atom. The number of carbonyl (C=O) groups excluding carboxylic acids is 1. The summed E-state index contributed by atoms with van der Waals surface area (Å²) in [5.41, 5.74) is 2.29. The van der Waals surface area contributed by atoms with Crippen molar-refractivity contribution in [3.8, 4) is 11.5 Å². The van der Waals surface area contributed by atoms with Gasteiger partial charge in [-0.05, 0) is 54.1 Å². The lowest BCUT2D eigenvalue weighted by molar-refractivity contribution is 0.173. The average Bonchev–Trinajstić information content (AvgIpc) is 3.35. The molecule has 9 heteroatoms. The number of nitrogens with zero attached hydrogens (tertiary/aromatic N) is 2. The molecular formula is C26H26ClFN4O3. The molecule has 0 spiro atoms. The third kappa shape index (κ3) is 5.44. The Balaban J connectivity index is 1.28. The van der Waals surface area contributed by atoms with E-state index in [4.69, 9.17) is 21.1 Å². The van der Waals surface area contributed by atoms with Crippen LogP contribution in [0.2, 0.25) is 5.02 Å². The molecule has 182 valence electrons. The third-order valence-electron chi connectivity index (χ3n) is 6.29. The lowest BCUT2D eigenvalue weighted by Gasteiger charge is -2.40. The first-order chi connectivity index (χ1) is 17.1. The fourth-order valence-corrected chi connectivity index (χ4v) is 4.58. The predicted octanol–water partition coefficient (Wildman–Crippen LogP) is 4.89. The molecule has 2 heterocycles. The predicted molar refractivity (Wildman–Crippen MR) is 134 cm³/mol. The summed E-state index contributed by atoms with van der Waals surface area (Å²) in [6.07, 6.45) is 0. The molecule has 2 N–H and O–H groups in total. The molecule has 2 aliphatic rings. The molecule has 5 rings (SSSR count). The topological polar surface area (TPSA) is 66.1 Å². The summed E-state index contributed by atoms with van der Waals surface area (Å²) in [4.78, 5) is 17.0. The van der Waals surface area contributed by atoms with E-state index < -0.39 is 0 Å². The van der Waals surface area contributed by atoms with Crippen LogP contribution in [0.25, 0.3) is 0 Å². The maximum absolute atomic E-state index is 14.3. The number of anilines is 2. The zero-order valence-electron chi connectivity index (χ0n) is 19.0. The Bertz CT molecular complexity index is 1190. The number of rotatable bonds is 6. The summed E-state index contributed by atoms with van der Waals surface area (Å²) in [6, 6.07) is 19.3. The maximum Gasteiger partial charge on any atom is 0.319 e. The summed E-state index contributed by atoms with van der Waals surface area (Å²) in [5.74, 6) is 1.20. The zero-order chi connectivity index (χ0) is 24.2. The number of halogens is 2. The van der Waals surface area contributed by atoms with Crippen molar-refractivity contribution in [1.82, 2.24) is 10.2 Å². The van der Waals surface area contributed by atoms with Gasteiger partial charge in [0.15, 0.2) is 11.5 Å². The first-order valence-electron chi connectivity index (χ1n) is 11.5. The molecule has 0 aromatic heterocycles. The van der Waals surface area contributed by atoms with Gasteiger partial charge in [0.05, 0.1) is 11.7 Å². The van der Waals surface area contributed by atoms with Gasteiger partial charge in [-0.2, -0.15) is 0 Å². The summed E-state index contributed by atoms with van der Waals surface area (Å²) in [6.45, 7) is 3.38. The standard InChI is InChI=1S/C26H26ClFN4O3/c27-19-6-8-20(9-7-19)30-26(33)29-16-23(18-5-10-24-25(15-18)35-17-34-24)32-13-11-31(12-14-32)22-4-2-1-3-21(22)28/h1-10,15,23H,11-14,16-17H2,(H2,29,30,33). The molecule has 1 fully saturated rings. The van der Waals surface area contributed by atoms with Gasteiger partial charge in [-0.1, -0.05) is 29.8 Å². The molecular weight excluding hydrogens is 471 g/mol. The van der Waals surface area contributed by atoms with Crippen molar-refractivity contribution >= 4 is 29.0 Å². The summed E-state index contributed by atoms with van der Waals surface area (Å²) >= 11 is 5.93. The number of urea groups is 1. The van der Waals surface area contributed by atoms with Crippen LogP contribution in [0.1, 0.15) is 11.6 Å². The van der Waals surface area contributed by atoms with Crippen LogP contribution in [0.3, 0.4) is 0 Å². The number of piperazine rings is 1. The van der Waals surface area contributed by atoms with Crippen LogP contribution < -0.4 is 25.0 Å². The van der Waals surface area contributed by atoms with Crippen LogP contribution >= 0.6 is 11.6 Å². The number of fused-ring (bicyclic) bond motifs is 1. The summed E-state index contributed by atoms with van der Waals surface area (Å²) in [5, 5.41) is 6.43. The van der Waals surface area contributed by atoms with Gasteiger partial charge in [-0.25, -0.2) is 9.18 Å². The monoisotopic (exact) mass is 496 g/mol. The summed E-state index contributed by atoms with van der Waals surface area (Å²) in [7, 11) is 0. The average molecular weight is 497 g/mol. The van der Waals surface area contributed by atoms with E-state index >= 15 is 0 Å². The molecule has 1 saturated heterocycles. The van der Waals surface area contributed by atoms with Crippen molar-refractivity contribution in [2.24, 2.45) is 0 Å². The van der Waals surface area contributed by atoms with Crippen LogP contribution in [0.4, 0.5) is 20.6 Å². The van der Waals surface area contributed by atoms with E-state index in [-0.39, 0.29) is 24.7 Å². The normalized spacial score (nSPS) is 16.1. The summed E-state index contributed by atoms with van der Waals surface area (Å²) < 4.78 is 25.3. The third-order valence-corrected chi connectivity index (χ3v) is 6.54. The molecule has 0 radical (unpaired) electrons. The fraction of sp³-hybridized carbons (Fsp3) is 0.269. The second-order valence-electron chi connectivity index (χ2n) is 8.44. The number of carbonyl (C=O) groups is 1. The van der Waals surface area contributed by atoms with Gasteiger partial charge < -0.3 is 25.0 Å². The Morgan fingerprint density at radius 2 is 1.71 bits per heavy atom. The number of nitrogens with one attached hydrogen (secondary N) is 2. The van der Waals surface area contributed by atoms with Crippen LogP contribution in [-0.4, -0.2) is 50.4 Å². The SMILES string of the molecule is O=C(NCC(c1ccc2c(c1)OCO2)N1CCN(c2ccccc2F)CC1)Nc1ccc(Cl)cc1. The molecule has 2 amide bonds. The minimum Gasteiger partial charge on any atom is -0.454 e. The molecule has 1 atom stereocenters. The van der Waals surface area contributed by atoms with E-state index in [0.29, 0.717) is 60.6 Å². The van der Waals surface area contributed by atoms with Crippen molar-refractivity contribution in [1.29, 1.82) is 0 Å².